The van der Waals surface area contributed by atoms with E-state index in [1.54, 1.807) is 16.6 Å². The zero-order chi connectivity index (χ0) is 17.2. The zero-order valence-electron chi connectivity index (χ0n) is 14.1. The molecule has 0 spiro atoms. The molecule has 0 unspecified atom stereocenters. The lowest BCUT2D eigenvalue weighted by Crippen LogP contribution is -2.42. The van der Waals surface area contributed by atoms with Crippen LogP contribution in [0.15, 0.2) is 36.7 Å². The quantitative estimate of drug-likeness (QED) is 0.675. The number of hydrogen-bond donors (Lipinski definition) is 2. The Morgan fingerprint density at radius 2 is 2.08 bits per heavy atom. The molecule has 130 valence electrons. The fourth-order valence-electron chi connectivity index (χ4n) is 3.37. The van der Waals surface area contributed by atoms with Gasteiger partial charge in [0.1, 0.15) is 18.0 Å². The Kier molecular flexibility index (Phi) is 4.31. The number of benzene rings is 1. The highest BCUT2D eigenvalue weighted by Crippen LogP contribution is 2.37. The van der Waals surface area contributed by atoms with Crippen molar-refractivity contribution >= 4 is 11.6 Å². The maximum absolute atomic E-state index is 13.8. The Balaban J connectivity index is 1.24. The molecule has 3 aromatic rings. The Morgan fingerprint density at radius 3 is 2.92 bits per heavy atom. The molecule has 4 rings (SSSR count). The van der Waals surface area contributed by atoms with Crippen molar-refractivity contribution in [2.75, 3.05) is 18.4 Å². The van der Waals surface area contributed by atoms with Gasteiger partial charge < -0.3 is 10.6 Å². The average molecular weight is 340 g/mol. The SMILES string of the molecule is Cc1cc(NCCNC2CC(c3ccccc3F)C2)n2ncnc2n1. The molecular weight excluding hydrogens is 319 g/mol. The number of nitrogens with zero attached hydrogens (tertiary/aromatic N) is 4. The van der Waals surface area contributed by atoms with Crippen LogP contribution in [0.25, 0.3) is 5.78 Å². The summed E-state index contributed by atoms with van der Waals surface area (Å²) < 4.78 is 15.5. The Bertz CT molecular complexity index is 871. The van der Waals surface area contributed by atoms with Gasteiger partial charge in [0.05, 0.1) is 0 Å². The summed E-state index contributed by atoms with van der Waals surface area (Å²) in [5.74, 6) is 1.74. The molecule has 1 saturated carbocycles. The van der Waals surface area contributed by atoms with Gasteiger partial charge in [0.2, 0.25) is 0 Å². The van der Waals surface area contributed by atoms with Crippen LogP contribution in [0.1, 0.15) is 30.0 Å². The molecule has 0 saturated heterocycles. The summed E-state index contributed by atoms with van der Waals surface area (Å²) in [5.41, 5.74) is 1.75. The van der Waals surface area contributed by atoms with Gasteiger partial charge in [-0.15, -0.1) is 0 Å². The van der Waals surface area contributed by atoms with Gasteiger partial charge in [0.15, 0.2) is 0 Å². The monoisotopic (exact) mass is 340 g/mol. The van der Waals surface area contributed by atoms with Gasteiger partial charge in [0, 0.05) is 30.9 Å². The summed E-state index contributed by atoms with van der Waals surface area (Å²) in [6, 6.07) is 9.50. The largest absolute Gasteiger partial charge is 0.369 e. The van der Waals surface area contributed by atoms with E-state index in [2.05, 4.69) is 25.7 Å². The average Bonchev–Trinajstić information content (AvgIpc) is 3.02. The zero-order valence-corrected chi connectivity index (χ0v) is 14.1. The second kappa shape index (κ2) is 6.76. The van der Waals surface area contributed by atoms with Crippen LogP contribution in [0.2, 0.25) is 0 Å². The van der Waals surface area contributed by atoms with Gasteiger partial charge in [-0.2, -0.15) is 14.6 Å². The van der Waals surface area contributed by atoms with E-state index in [4.69, 9.17) is 0 Å². The Morgan fingerprint density at radius 1 is 1.24 bits per heavy atom. The smallest absolute Gasteiger partial charge is 0.254 e. The van der Waals surface area contributed by atoms with Crippen LogP contribution < -0.4 is 10.6 Å². The molecule has 1 aliphatic carbocycles. The van der Waals surface area contributed by atoms with E-state index in [0.717, 1.165) is 43.0 Å². The third-order valence-corrected chi connectivity index (χ3v) is 4.73. The van der Waals surface area contributed by atoms with Crippen LogP contribution in [-0.4, -0.2) is 38.7 Å². The molecule has 2 heterocycles. The third-order valence-electron chi connectivity index (χ3n) is 4.73. The van der Waals surface area contributed by atoms with Crippen molar-refractivity contribution in [2.24, 2.45) is 0 Å². The normalized spacial score (nSPS) is 19.8. The van der Waals surface area contributed by atoms with Gasteiger partial charge in [-0.25, -0.2) is 9.37 Å². The first kappa shape index (κ1) is 16.0. The Hall–Kier alpha value is -2.54. The van der Waals surface area contributed by atoms with E-state index < -0.39 is 0 Å². The topological polar surface area (TPSA) is 67.1 Å². The van der Waals surface area contributed by atoms with Crippen molar-refractivity contribution in [3.63, 3.8) is 0 Å². The van der Waals surface area contributed by atoms with Crippen molar-refractivity contribution in [1.29, 1.82) is 0 Å². The molecule has 1 aliphatic rings. The van der Waals surface area contributed by atoms with Crippen molar-refractivity contribution in [3.8, 4) is 0 Å². The summed E-state index contributed by atoms with van der Waals surface area (Å²) in [5, 5.41) is 11.1. The summed E-state index contributed by atoms with van der Waals surface area (Å²) in [6.45, 7) is 3.56. The molecule has 0 amide bonds. The summed E-state index contributed by atoms with van der Waals surface area (Å²) in [7, 11) is 0. The summed E-state index contributed by atoms with van der Waals surface area (Å²) >= 11 is 0. The van der Waals surface area contributed by atoms with E-state index >= 15 is 0 Å². The minimum Gasteiger partial charge on any atom is -0.369 e. The molecule has 0 radical (unpaired) electrons. The van der Waals surface area contributed by atoms with Crippen molar-refractivity contribution < 1.29 is 4.39 Å². The van der Waals surface area contributed by atoms with Gasteiger partial charge in [0.25, 0.3) is 5.78 Å². The maximum atomic E-state index is 13.8. The number of aromatic nitrogens is 4. The third kappa shape index (κ3) is 3.32. The Labute approximate surface area is 145 Å². The highest BCUT2D eigenvalue weighted by atomic mass is 19.1. The van der Waals surface area contributed by atoms with Gasteiger partial charge in [-0.05, 0) is 37.3 Å². The number of rotatable bonds is 6. The molecule has 2 N–H and O–H groups in total. The van der Waals surface area contributed by atoms with Gasteiger partial charge in [-0.1, -0.05) is 18.2 Å². The van der Waals surface area contributed by atoms with Crippen molar-refractivity contribution in [2.45, 2.75) is 31.7 Å². The second-order valence-corrected chi connectivity index (χ2v) is 6.52. The lowest BCUT2D eigenvalue weighted by atomic mass is 9.75. The molecule has 1 aromatic carbocycles. The number of anilines is 1. The number of aryl methyl sites for hydroxylation is 1. The fourth-order valence-corrected chi connectivity index (χ4v) is 3.37. The van der Waals surface area contributed by atoms with E-state index in [1.165, 1.54) is 6.33 Å². The fraction of sp³-hybridized carbons (Fsp3) is 0.389. The van der Waals surface area contributed by atoms with Crippen LogP contribution in [0.5, 0.6) is 0 Å². The molecular formula is C18H21FN6. The molecule has 0 aliphatic heterocycles. The predicted octanol–water partition coefficient (Wildman–Crippen LogP) is 2.52. The lowest BCUT2D eigenvalue weighted by Gasteiger charge is -2.36. The maximum Gasteiger partial charge on any atom is 0.254 e. The molecule has 0 bridgehead atoms. The van der Waals surface area contributed by atoms with E-state index in [1.807, 2.05) is 25.1 Å². The molecule has 25 heavy (non-hydrogen) atoms. The second-order valence-electron chi connectivity index (χ2n) is 6.52. The van der Waals surface area contributed by atoms with Crippen LogP contribution >= 0.6 is 0 Å². The van der Waals surface area contributed by atoms with Crippen molar-refractivity contribution in [1.82, 2.24) is 24.9 Å². The molecule has 7 heteroatoms. The first-order chi connectivity index (χ1) is 12.2. The van der Waals surface area contributed by atoms with Gasteiger partial charge in [-0.3, -0.25) is 0 Å². The first-order valence-electron chi connectivity index (χ1n) is 8.60. The lowest BCUT2D eigenvalue weighted by molar-refractivity contribution is 0.289. The number of fused-ring (bicyclic) bond motifs is 1. The molecule has 0 atom stereocenters. The van der Waals surface area contributed by atoms with E-state index in [9.17, 15) is 4.39 Å². The van der Waals surface area contributed by atoms with E-state index in [0.29, 0.717) is 17.7 Å². The summed E-state index contributed by atoms with van der Waals surface area (Å²) in [6.07, 6.45) is 3.48. The van der Waals surface area contributed by atoms with Crippen LogP contribution in [0.4, 0.5) is 10.2 Å². The van der Waals surface area contributed by atoms with Crippen LogP contribution in [0.3, 0.4) is 0 Å². The summed E-state index contributed by atoms with van der Waals surface area (Å²) in [4.78, 5) is 8.44. The predicted molar refractivity (Wildman–Crippen MR) is 94.2 cm³/mol. The van der Waals surface area contributed by atoms with Crippen molar-refractivity contribution in [3.05, 3.63) is 53.7 Å². The number of halogens is 1. The molecule has 6 nitrogen and oxygen atoms in total. The highest BCUT2D eigenvalue weighted by molar-refractivity contribution is 5.44. The standard InChI is InChI=1S/C18H21FN6/c1-12-8-17(25-18(24-12)22-11-23-25)21-7-6-20-14-9-13(10-14)15-4-2-3-5-16(15)19/h2-5,8,11,13-14,20-21H,6-7,9-10H2,1H3. The minimum absolute atomic E-state index is 0.0856. The molecule has 2 aromatic heterocycles. The first-order valence-corrected chi connectivity index (χ1v) is 8.60. The van der Waals surface area contributed by atoms with E-state index in [-0.39, 0.29) is 5.82 Å². The molecule has 1 fully saturated rings. The number of hydrogen-bond acceptors (Lipinski definition) is 5. The van der Waals surface area contributed by atoms with Gasteiger partial charge >= 0.3 is 0 Å². The highest BCUT2D eigenvalue weighted by Gasteiger charge is 2.31. The number of nitrogens with one attached hydrogen (secondary N) is 2. The van der Waals surface area contributed by atoms with Crippen LogP contribution in [0, 0.1) is 12.7 Å². The minimum atomic E-state index is -0.0856. The van der Waals surface area contributed by atoms with Crippen LogP contribution in [-0.2, 0) is 0 Å².